The van der Waals surface area contributed by atoms with E-state index in [1.165, 1.54) is 5.69 Å². The van der Waals surface area contributed by atoms with Gasteiger partial charge in [-0.3, -0.25) is 4.98 Å². The van der Waals surface area contributed by atoms with Crippen LogP contribution in [0.5, 0.6) is 0 Å². The highest BCUT2D eigenvalue weighted by Crippen LogP contribution is 2.19. The van der Waals surface area contributed by atoms with Crippen LogP contribution in [0.2, 0.25) is 0 Å². The highest BCUT2D eigenvalue weighted by Gasteiger charge is 2.17. The number of aryl methyl sites for hydroxylation is 1. The van der Waals surface area contributed by atoms with E-state index >= 15 is 0 Å². The first-order valence-electron chi connectivity index (χ1n) is 5.67. The van der Waals surface area contributed by atoms with Crippen LogP contribution in [0.1, 0.15) is 25.5 Å². The number of aromatic nitrogens is 1. The van der Waals surface area contributed by atoms with E-state index in [1.54, 1.807) is 0 Å². The standard InChI is InChI=1S/C12H18N2O/c1-2-10-3-4-11(9-13-10)14-7-5-12(15)6-8-14/h3-4,9,12,15H,2,5-8H2,1H3. The van der Waals surface area contributed by atoms with Crippen molar-refractivity contribution in [3.63, 3.8) is 0 Å². The van der Waals surface area contributed by atoms with E-state index in [-0.39, 0.29) is 6.10 Å². The molecule has 1 fully saturated rings. The van der Waals surface area contributed by atoms with Crippen molar-refractivity contribution >= 4 is 5.69 Å². The number of rotatable bonds is 2. The highest BCUT2D eigenvalue weighted by atomic mass is 16.3. The molecule has 1 aliphatic heterocycles. The Morgan fingerprint density at radius 1 is 1.40 bits per heavy atom. The average Bonchev–Trinajstić information content (AvgIpc) is 2.30. The van der Waals surface area contributed by atoms with Crippen LogP contribution in [0.25, 0.3) is 0 Å². The molecule has 0 radical (unpaired) electrons. The Balaban J connectivity index is 2.03. The van der Waals surface area contributed by atoms with Crippen molar-refractivity contribution in [3.05, 3.63) is 24.0 Å². The summed E-state index contributed by atoms with van der Waals surface area (Å²) in [7, 11) is 0. The Morgan fingerprint density at radius 2 is 2.13 bits per heavy atom. The zero-order chi connectivity index (χ0) is 10.7. The summed E-state index contributed by atoms with van der Waals surface area (Å²) in [5, 5.41) is 9.41. The number of hydrogen-bond acceptors (Lipinski definition) is 3. The van der Waals surface area contributed by atoms with Crippen LogP contribution in [0.3, 0.4) is 0 Å². The van der Waals surface area contributed by atoms with Crippen molar-refractivity contribution < 1.29 is 5.11 Å². The summed E-state index contributed by atoms with van der Waals surface area (Å²) in [5.41, 5.74) is 2.31. The molecule has 3 nitrogen and oxygen atoms in total. The van der Waals surface area contributed by atoms with E-state index in [4.69, 9.17) is 0 Å². The minimum atomic E-state index is -0.107. The maximum Gasteiger partial charge on any atom is 0.0574 e. The fourth-order valence-electron chi connectivity index (χ4n) is 1.94. The van der Waals surface area contributed by atoms with Gasteiger partial charge < -0.3 is 10.0 Å². The zero-order valence-corrected chi connectivity index (χ0v) is 9.19. The lowest BCUT2D eigenvalue weighted by molar-refractivity contribution is 0.145. The minimum absolute atomic E-state index is 0.107. The summed E-state index contributed by atoms with van der Waals surface area (Å²) in [4.78, 5) is 6.68. The molecular weight excluding hydrogens is 188 g/mol. The molecule has 1 N–H and O–H groups in total. The lowest BCUT2D eigenvalue weighted by Crippen LogP contribution is -2.35. The molecule has 0 aromatic carbocycles. The number of anilines is 1. The third-order valence-corrected chi connectivity index (χ3v) is 3.00. The van der Waals surface area contributed by atoms with Gasteiger partial charge in [-0.25, -0.2) is 0 Å². The molecule has 0 bridgehead atoms. The molecule has 1 aliphatic rings. The van der Waals surface area contributed by atoms with E-state index in [2.05, 4.69) is 28.9 Å². The maximum absolute atomic E-state index is 9.41. The maximum atomic E-state index is 9.41. The number of nitrogens with zero attached hydrogens (tertiary/aromatic N) is 2. The SMILES string of the molecule is CCc1ccc(N2CCC(O)CC2)cn1. The van der Waals surface area contributed by atoms with E-state index in [0.717, 1.165) is 38.0 Å². The normalized spacial score (nSPS) is 18.1. The number of aliphatic hydroxyl groups is 1. The zero-order valence-electron chi connectivity index (χ0n) is 9.19. The molecule has 1 saturated heterocycles. The quantitative estimate of drug-likeness (QED) is 0.798. The molecule has 0 aliphatic carbocycles. The average molecular weight is 206 g/mol. The van der Waals surface area contributed by atoms with E-state index in [1.807, 2.05) is 6.20 Å². The van der Waals surface area contributed by atoms with Crippen molar-refractivity contribution in [3.8, 4) is 0 Å². The first-order chi connectivity index (χ1) is 7.29. The molecule has 15 heavy (non-hydrogen) atoms. The van der Waals surface area contributed by atoms with Crippen molar-refractivity contribution in [1.29, 1.82) is 0 Å². The Bertz CT molecular complexity index is 302. The predicted octanol–water partition coefficient (Wildman–Crippen LogP) is 1.61. The third kappa shape index (κ3) is 2.48. The third-order valence-electron chi connectivity index (χ3n) is 3.00. The highest BCUT2D eigenvalue weighted by molar-refractivity contribution is 5.44. The van der Waals surface area contributed by atoms with E-state index in [9.17, 15) is 5.11 Å². The summed E-state index contributed by atoms with van der Waals surface area (Å²) < 4.78 is 0. The van der Waals surface area contributed by atoms with Gasteiger partial charge in [0.1, 0.15) is 0 Å². The first-order valence-corrected chi connectivity index (χ1v) is 5.67. The van der Waals surface area contributed by atoms with E-state index < -0.39 is 0 Å². The summed E-state index contributed by atoms with van der Waals surface area (Å²) >= 11 is 0. The molecule has 1 aromatic rings. The van der Waals surface area contributed by atoms with Crippen molar-refractivity contribution in [1.82, 2.24) is 4.98 Å². The number of hydrogen-bond donors (Lipinski definition) is 1. The molecule has 3 heteroatoms. The topological polar surface area (TPSA) is 36.4 Å². The molecule has 0 unspecified atom stereocenters. The minimum Gasteiger partial charge on any atom is -0.393 e. The molecule has 2 rings (SSSR count). The lowest BCUT2D eigenvalue weighted by Gasteiger charge is -2.31. The molecule has 0 amide bonds. The largest absolute Gasteiger partial charge is 0.393 e. The molecule has 2 heterocycles. The van der Waals surface area contributed by atoms with Gasteiger partial charge in [0.2, 0.25) is 0 Å². The second-order valence-corrected chi connectivity index (χ2v) is 4.08. The van der Waals surface area contributed by atoms with Crippen LogP contribution in [0.15, 0.2) is 18.3 Å². The lowest BCUT2D eigenvalue weighted by atomic mass is 10.1. The number of piperidine rings is 1. The summed E-state index contributed by atoms with van der Waals surface area (Å²) in [6, 6.07) is 4.21. The second-order valence-electron chi connectivity index (χ2n) is 4.08. The predicted molar refractivity (Wildman–Crippen MR) is 61.1 cm³/mol. The van der Waals surface area contributed by atoms with Gasteiger partial charge in [0.25, 0.3) is 0 Å². The Morgan fingerprint density at radius 3 is 2.67 bits per heavy atom. The molecule has 0 saturated carbocycles. The smallest absolute Gasteiger partial charge is 0.0574 e. The van der Waals surface area contributed by atoms with E-state index in [0.29, 0.717) is 0 Å². The van der Waals surface area contributed by atoms with Crippen molar-refractivity contribution in [2.24, 2.45) is 0 Å². The van der Waals surface area contributed by atoms with Gasteiger partial charge in [-0.1, -0.05) is 6.92 Å². The van der Waals surface area contributed by atoms with Crippen LogP contribution in [0.4, 0.5) is 5.69 Å². The van der Waals surface area contributed by atoms with Crippen LogP contribution < -0.4 is 4.90 Å². The van der Waals surface area contributed by atoms with Crippen molar-refractivity contribution in [2.45, 2.75) is 32.3 Å². The summed E-state index contributed by atoms with van der Waals surface area (Å²) in [6.07, 6.45) is 4.56. The van der Waals surface area contributed by atoms with Gasteiger partial charge in [0.05, 0.1) is 18.0 Å². The first kappa shape index (κ1) is 10.4. The molecule has 0 atom stereocenters. The molecule has 1 aromatic heterocycles. The summed E-state index contributed by atoms with van der Waals surface area (Å²) in [6.45, 7) is 3.99. The van der Waals surface area contributed by atoms with Crippen LogP contribution >= 0.6 is 0 Å². The van der Waals surface area contributed by atoms with Gasteiger partial charge in [-0.05, 0) is 31.4 Å². The summed E-state index contributed by atoms with van der Waals surface area (Å²) in [5.74, 6) is 0. The fourth-order valence-corrected chi connectivity index (χ4v) is 1.94. The van der Waals surface area contributed by atoms with Gasteiger partial charge >= 0.3 is 0 Å². The Kier molecular flexibility index (Phi) is 3.21. The van der Waals surface area contributed by atoms with Crippen LogP contribution in [0, 0.1) is 0 Å². The van der Waals surface area contributed by atoms with Crippen LogP contribution in [-0.4, -0.2) is 29.3 Å². The Hall–Kier alpha value is -1.09. The molecular formula is C12H18N2O. The van der Waals surface area contributed by atoms with Crippen LogP contribution in [-0.2, 0) is 6.42 Å². The van der Waals surface area contributed by atoms with Gasteiger partial charge in [-0.2, -0.15) is 0 Å². The fraction of sp³-hybridized carbons (Fsp3) is 0.583. The number of pyridine rings is 1. The molecule has 0 spiro atoms. The monoisotopic (exact) mass is 206 g/mol. The Labute approximate surface area is 90.8 Å². The van der Waals surface area contributed by atoms with Gasteiger partial charge in [0, 0.05) is 18.8 Å². The molecule has 82 valence electrons. The van der Waals surface area contributed by atoms with Gasteiger partial charge in [-0.15, -0.1) is 0 Å². The second kappa shape index (κ2) is 4.62. The van der Waals surface area contributed by atoms with Gasteiger partial charge in [0.15, 0.2) is 0 Å². The van der Waals surface area contributed by atoms with Crippen molar-refractivity contribution in [2.75, 3.05) is 18.0 Å². The number of aliphatic hydroxyl groups excluding tert-OH is 1.